The van der Waals surface area contributed by atoms with Crippen LogP contribution in [0.4, 0.5) is 9.39 Å². The molecule has 1 fully saturated rings. The highest BCUT2D eigenvalue weighted by Crippen LogP contribution is 2.39. The summed E-state index contributed by atoms with van der Waals surface area (Å²) in [6, 6.07) is 4.03. The Morgan fingerprint density at radius 1 is 1.19 bits per heavy atom. The molecule has 1 spiro atoms. The molecular weight excluding hydrogens is 419 g/mol. The summed E-state index contributed by atoms with van der Waals surface area (Å²) in [5.74, 6) is 0.223. The molecule has 1 amide bonds. The fourth-order valence-corrected chi connectivity index (χ4v) is 5.51. The van der Waals surface area contributed by atoms with Crippen molar-refractivity contribution in [2.45, 2.75) is 51.0 Å². The molecule has 164 valence electrons. The topological polar surface area (TPSA) is 89.7 Å². The minimum absolute atomic E-state index is 0.0831. The number of likely N-dealkylation sites (tertiary alicyclic amines) is 1. The summed E-state index contributed by atoms with van der Waals surface area (Å²) in [5, 5.41) is 0.815. The number of nitrogen functional groups attached to an aromatic ring is 1. The molecule has 3 heterocycles. The zero-order valence-corrected chi connectivity index (χ0v) is 18.2. The van der Waals surface area contributed by atoms with Crippen LogP contribution in [0.3, 0.4) is 0 Å². The highest BCUT2D eigenvalue weighted by atomic mass is 32.1. The van der Waals surface area contributed by atoms with Crippen molar-refractivity contribution >= 4 is 34.3 Å². The number of carbonyl (C=O) groups is 3. The van der Waals surface area contributed by atoms with E-state index in [1.807, 2.05) is 6.92 Å². The van der Waals surface area contributed by atoms with E-state index in [0.29, 0.717) is 43.7 Å². The number of anilines is 1. The molecule has 2 N–H and O–H groups in total. The van der Waals surface area contributed by atoms with Gasteiger partial charge in [0.05, 0.1) is 21.9 Å². The van der Waals surface area contributed by atoms with E-state index >= 15 is 0 Å². The maximum atomic E-state index is 13.1. The van der Waals surface area contributed by atoms with Crippen LogP contribution in [0.25, 0.3) is 0 Å². The highest BCUT2D eigenvalue weighted by Gasteiger charge is 2.42. The Hall–Kier alpha value is -2.74. The zero-order valence-electron chi connectivity index (χ0n) is 17.4. The molecule has 1 aromatic carbocycles. The van der Waals surface area contributed by atoms with Gasteiger partial charge in [-0.1, -0.05) is 0 Å². The molecule has 0 saturated carbocycles. The van der Waals surface area contributed by atoms with Gasteiger partial charge in [0.1, 0.15) is 17.2 Å². The lowest BCUT2D eigenvalue weighted by Gasteiger charge is -2.43. The molecule has 1 aliphatic carbocycles. The Labute approximate surface area is 184 Å². The van der Waals surface area contributed by atoms with Crippen LogP contribution in [0.15, 0.2) is 18.2 Å². The fourth-order valence-electron chi connectivity index (χ4n) is 4.41. The number of hydrogen-bond donors (Lipinski definition) is 1. The van der Waals surface area contributed by atoms with E-state index in [1.54, 1.807) is 4.90 Å². The summed E-state index contributed by atoms with van der Waals surface area (Å²) >= 11 is 1.45. The second-order valence-electron chi connectivity index (χ2n) is 8.34. The van der Waals surface area contributed by atoms with E-state index < -0.39 is 11.4 Å². The second-order valence-corrected chi connectivity index (χ2v) is 9.39. The average molecular weight is 445 g/mol. The molecule has 0 atom stereocenters. The summed E-state index contributed by atoms with van der Waals surface area (Å²) in [6.07, 6.45) is 5.06. The van der Waals surface area contributed by atoms with Crippen LogP contribution in [0.1, 0.15) is 63.3 Å². The summed E-state index contributed by atoms with van der Waals surface area (Å²) < 4.78 is 19.1. The van der Waals surface area contributed by atoms with E-state index in [4.69, 9.17) is 10.5 Å². The number of amides is 1. The first kappa shape index (κ1) is 21.5. The number of Topliss-reactive ketones (excluding diaryl/α,β-unsaturated/α-hetero) is 2. The van der Waals surface area contributed by atoms with E-state index in [2.05, 4.69) is 0 Å². The molecule has 31 heavy (non-hydrogen) atoms. The fraction of sp³-hybridized carbons (Fsp3) is 0.435. The number of rotatable bonds is 1. The molecule has 3 aliphatic rings. The van der Waals surface area contributed by atoms with Crippen molar-refractivity contribution < 1.29 is 23.5 Å². The number of benzene rings is 1. The van der Waals surface area contributed by atoms with E-state index in [-0.39, 0.29) is 18.0 Å². The first-order valence-electron chi connectivity index (χ1n) is 10.4. The van der Waals surface area contributed by atoms with Gasteiger partial charge in [-0.15, -0.1) is 11.3 Å². The van der Waals surface area contributed by atoms with Crippen molar-refractivity contribution in [1.29, 1.82) is 0 Å². The van der Waals surface area contributed by atoms with Gasteiger partial charge in [-0.2, -0.15) is 0 Å². The average Bonchev–Trinajstić information content (AvgIpc) is 3.05. The number of hydrogen-bond acceptors (Lipinski definition) is 6. The molecule has 2 aliphatic heterocycles. The van der Waals surface area contributed by atoms with Gasteiger partial charge in [-0.05, 0) is 49.1 Å². The number of thiophene rings is 1. The Kier molecular flexibility index (Phi) is 5.83. The molecule has 5 rings (SSSR count). The standard InChI is InChI=1S/C14H14FNO3.C9H11NOS/c15-10-1-2-13-11(7-10)12(18)8-14(19-13)3-5-16(9-17)6-4-14;1-5-6-3-2-4-7(11)8(6)12-9(5)10/h1-2,7,9H,3-6,8H2;2-4,10H2,1H3. The van der Waals surface area contributed by atoms with Crippen LogP contribution in [-0.2, 0) is 11.2 Å². The molecule has 2 aromatic rings. The first-order chi connectivity index (χ1) is 14.8. The summed E-state index contributed by atoms with van der Waals surface area (Å²) in [5.41, 5.74) is 7.88. The minimum Gasteiger partial charge on any atom is -0.486 e. The van der Waals surface area contributed by atoms with Gasteiger partial charge in [0.15, 0.2) is 11.6 Å². The van der Waals surface area contributed by atoms with Crippen LogP contribution in [0.2, 0.25) is 0 Å². The molecule has 0 unspecified atom stereocenters. The lowest BCUT2D eigenvalue weighted by atomic mass is 9.82. The molecule has 8 heteroatoms. The molecule has 1 aromatic heterocycles. The van der Waals surface area contributed by atoms with Gasteiger partial charge >= 0.3 is 0 Å². The Morgan fingerprint density at radius 2 is 1.94 bits per heavy atom. The van der Waals surface area contributed by atoms with Crippen molar-refractivity contribution in [2.75, 3.05) is 18.8 Å². The smallest absolute Gasteiger partial charge is 0.209 e. The van der Waals surface area contributed by atoms with Gasteiger partial charge < -0.3 is 15.4 Å². The van der Waals surface area contributed by atoms with Crippen LogP contribution in [0.5, 0.6) is 5.75 Å². The van der Waals surface area contributed by atoms with Crippen molar-refractivity contribution in [3.05, 3.63) is 45.6 Å². The zero-order chi connectivity index (χ0) is 22.2. The maximum Gasteiger partial charge on any atom is 0.209 e. The van der Waals surface area contributed by atoms with Crippen molar-refractivity contribution in [1.82, 2.24) is 4.90 Å². The molecule has 1 saturated heterocycles. The van der Waals surface area contributed by atoms with Gasteiger partial charge in [-0.3, -0.25) is 14.4 Å². The number of nitrogens with zero attached hydrogens (tertiary/aromatic N) is 1. The Bertz CT molecular complexity index is 1040. The third-order valence-electron chi connectivity index (χ3n) is 6.30. The lowest BCUT2D eigenvalue weighted by Crippen LogP contribution is -2.50. The van der Waals surface area contributed by atoms with Crippen LogP contribution >= 0.6 is 11.3 Å². The van der Waals surface area contributed by atoms with Crippen molar-refractivity contribution in [3.8, 4) is 5.75 Å². The molecule has 0 radical (unpaired) electrons. The SMILES string of the molecule is Cc1c(N)sc2c1CCCC2=O.O=CN1CCC2(CC1)CC(=O)c1cc(F)ccc1O2. The minimum atomic E-state index is -0.526. The molecular formula is C23H25FN2O4S. The number of carbonyl (C=O) groups excluding carboxylic acids is 3. The summed E-state index contributed by atoms with van der Waals surface area (Å²) in [6.45, 7) is 3.18. The maximum absolute atomic E-state index is 13.1. The van der Waals surface area contributed by atoms with Gasteiger partial charge in [0.25, 0.3) is 0 Å². The van der Waals surface area contributed by atoms with E-state index in [0.717, 1.165) is 34.7 Å². The molecule has 6 nitrogen and oxygen atoms in total. The van der Waals surface area contributed by atoms with Gasteiger partial charge in [-0.25, -0.2) is 4.39 Å². The quantitative estimate of drug-likeness (QED) is 0.673. The van der Waals surface area contributed by atoms with Crippen molar-refractivity contribution in [2.24, 2.45) is 0 Å². The number of nitrogens with two attached hydrogens (primary N) is 1. The first-order valence-corrected chi connectivity index (χ1v) is 11.3. The van der Waals surface area contributed by atoms with Crippen LogP contribution < -0.4 is 10.5 Å². The summed E-state index contributed by atoms with van der Waals surface area (Å²) in [7, 11) is 0. The largest absolute Gasteiger partial charge is 0.486 e. The third kappa shape index (κ3) is 4.21. The monoisotopic (exact) mass is 444 g/mol. The lowest BCUT2D eigenvalue weighted by molar-refractivity contribution is -0.121. The highest BCUT2D eigenvalue weighted by molar-refractivity contribution is 7.18. The van der Waals surface area contributed by atoms with E-state index in [9.17, 15) is 18.8 Å². The van der Waals surface area contributed by atoms with E-state index in [1.165, 1.54) is 35.1 Å². The second kappa shape index (κ2) is 8.42. The number of ether oxygens (including phenoxy) is 1. The number of piperidine rings is 1. The van der Waals surface area contributed by atoms with Crippen LogP contribution in [0, 0.1) is 12.7 Å². The Balaban J connectivity index is 0.000000166. The van der Waals surface area contributed by atoms with Gasteiger partial charge in [0, 0.05) is 32.4 Å². The Morgan fingerprint density at radius 3 is 2.61 bits per heavy atom. The predicted octanol–water partition coefficient (Wildman–Crippen LogP) is 3.94. The normalized spacial score (nSPS) is 19.1. The number of ketones is 2. The summed E-state index contributed by atoms with van der Waals surface area (Å²) in [4.78, 5) is 36.8. The predicted molar refractivity (Wildman–Crippen MR) is 116 cm³/mol. The third-order valence-corrected chi connectivity index (χ3v) is 7.51. The molecule has 0 bridgehead atoms. The van der Waals surface area contributed by atoms with Gasteiger partial charge in [0.2, 0.25) is 6.41 Å². The van der Waals surface area contributed by atoms with Crippen molar-refractivity contribution in [3.63, 3.8) is 0 Å². The number of halogens is 1. The number of fused-ring (bicyclic) bond motifs is 2. The van der Waals surface area contributed by atoms with Crippen LogP contribution in [-0.4, -0.2) is 41.6 Å².